The summed E-state index contributed by atoms with van der Waals surface area (Å²) in [5.74, 6) is -1.36. The van der Waals surface area contributed by atoms with Crippen molar-refractivity contribution in [1.29, 1.82) is 0 Å². The topological polar surface area (TPSA) is 131 Å². The minimum absolute atomic E-state index is 0.0212. The Morgan fingerprint density at radius 2 is 1.55 bits per heavy atom. The predicted octanol–water partition coefficient (Wildman–Crippen LogP) is 1.04. The lowest BCUT2D eigenvalue weighted by molar-refractivity contribution is -0.0711. The molecule has 3 rings (SSSR count). The van der Waals surface area contributed by atoms with Gasteiger partial charge >= 0.3 is 0 Å². The summed E-state index contributed by atoms with van der Waals surface area (Å²) < 4.78 is 5.53. The van der Waals surface area contributed by atoms with Crippen molar-refractivity contribution in [3.63, 3.8) is 0 Å². The Balaban J connectivity index is 2.06. The number of rotatable bonds is 1. The molecule has 0 bridgehead atoms. The molecule has 0 saturated heterocycles. The first-order valence-electron chi connectivity index (χ1n) is 6.49. The average Bonchev–Trinajstić information content (AvgIpc) is 2.45. The molecule has 116 valence electrons. The van der Waals surface area contributed by atoms with Gasteiger partial charge in [-0.15, -0.1) is 0 Å². The Morgan fingerprint density at radius 3 is 2.23 bits per heavy atom. The summed E-state index contributed by atoms with van der Waals surface area (Å²) in [4.78, 5) is 0. The van der Waals surface area contributed by atoms with E-state index in [0.29, 0.717) is 5.56 Å². The molecule has 0 saturated carbocycles. The highest BCUT2D eigenvalue weighted by Crippen LogP contribution is 2.47. The van der Waals surface area contributed by atoms with Gasteiger partial charge in [-0.2, -0.15) is 0 Å². The lowest BCUT2D eigenvalue weighted by Crippen LogP contribution is -2.34. The molecular formula is C15H14O7. The fraction of sp³-hybridized carbons (Fsp3) is 0.200. The quantitative estimate of drug-likeness (QED) is 0.434. The number of aromatic hydroxyl groups is 4. The first-order chi connectivity index (χ1) is 10.4. The fourth-order valence-corrected chi connectivity index (χ4v) is 2.52. The van der Waals surface area contributed by atoms with Crippen LogP contribution < -0.4 is 4.74 Å². The molecule has 0 radical (unpaired) electrons. The molecule has 0 amide bonds. The van der Waals surface area contributed by atoms with E-state index >= 15 is 0 Å². The van der Waals surface area contributed by atoms with Crippen LogP contribution in [0.1, 0.15) is 23.3 Å². The van der Waals surface area contributed by atoms with Gasteiger partial charge in [0.25, 0.3) is 0 Å². The van der Waals surface area contributed by atoms with Gasteiger partial charge in [0.15, 0.2) is 17.6 Å². The van der Waals surface area contributed by atoms with Crippen molar-refractivity contribution in [2.75, 3.05) is 0 Å². The van der Waals surface area contributed by atoms with E-state index in [0.717, 1.165) is 6.07 Å². The molecule has 0 fully saturated rings. The third-order valence-electron chi connectivity index (χ3n) is 3.62. The van der Waals surface area contributed by atoms with E-state index in [1.807, 2.05) is 0 Å². The zero-order chi connectivity index (χ0) is 16.0. The van der Waals surface area contributed by atoms with E-state index in [-0.39, 0.29) is 22.8 Å². The van der Waals surface area contributed by atoms with Crippen LogP contribution in [0, 0.1) is 0 Å². The number of phenols is 4. The van der Waals surface area contributed by atoms with Crippen LogP contribution in [0.15, 0.2) is 30.3 Å². The Hall–Kier alpha value is -2.64. The van der Waals surface area contributed by atoms with E-state index in [9.17, 15) is 30.6 Å². The zero-order valence-corrected chi connectivity index (χ0v) is 11.2. The number of aliphatic hydroxyl groups is 2. The largest absolute Gasteiger partial charge is 0.508 e. The Morgan fingerprint density at radius 1 is 0.818 bits per heavy atom. The van der Waals surface area contributed by atoms with Gasteiger partial charge in [0.1, 0.15) is 29.5 Å². The molecule has 6 N–H and O–H groups in total. The average molecular weight is 306 g/mol. The molecule has 3 atom stereocenters. The molecule has 0 aromatic heterocycles. The highest BCUT2D eigenvalue weighted by atomic mass is 16.5. The standard InChI is InChI=1S/C15H14O7/c16-7-4-10(19)12-11(5-7)22-15(14(21)13(12)20)6-1-2-8(17)9(18)3-6/h1-5,13-21H/t13-,14-,15-/m0/s1. The van der Waals surface area contributed by atoms with E-state index in [1.165, 1.54) is 24.3 Å². The van der Waals surface area contributed by atoms with Crippen LogP contribution in [0.3, 0.4) is 0 Å². The van der Waals surface area contributed by atoms with Gasteiger partial charge in [-0.3, -0.25) is 0 Å². The van der Waals surface area contributed by atoms with Crippen LogP contribution in [0.4, 0.5) is 0 Å². The zero-order valence-electron chi connectivity index (χ0n) is 11.2. The van der Waals surface area contributed by atoms with Crippen molar-refractivity contribution in [3.8, 4) is 28.7 Å². The maximum absolute atomic E-state index is 10.2. The van der Waals surface area contributed by atoms with Crippen molar-refractivity contribution >= 4 is 0 Å². The molecule has 7 nitrogen and oxygen atoms in total. The summed E-state index contributed by atoms with van der Waals surface area (Å²) in [5, 5.41) is 58.5. The molecule has 0 aliphatic carbocycles. The number of hydrogen-bond acceptors (Lipinski definition) is 7. The van der Waals surface area contributed by atoms with Crippen molar-refractivity contribution in [1.82, 2.24) is 0 Å². The summed E-state index contributed by atoms with van der Waals surface area (Å²) in [6.45, 7) is 0. The number of phenolic OH excluding ortho intramolecular Hbond substituents is 4. The Kier molecular flexibility index (Phi) is 3.23. The predicted molar refractivity (Wildman–Crippen MR) is 73.9 cm³/mol. The lowest BCUT2D eigenvalue weighted by atomic mass is 9.91. The Bertz CT molecular complexity index is 728. The van der Waals surface area contributed by atoms with E-state index in [2.05, 4.69) is 0 Å². The van der Waals surface area contributed by atoms with Crippen molar-refractivity contribution in [2.45, 2.75) is 18.3 Å². The third kappa shape index (κ3) is 2.16. The molecule has 1 aliphatic heterocycles. The molecule has 22 heavy (non-hydrogen) atoms. The van der Waals surface area contributed by atoms with Crippen molar-refractivity contribution in [2.24, 2.45) is 0 Å². The van der Waals surface area contributed by atoms with Gasteiger partial charge < -0.3 is 35.4 Å². The highest BCUT2D eigenvalue weighted by molar-refractivity contribution is 5.53. The lowest BCUT2D eigenvalue weighted by Gasteiger charge is -2.34. The first-order valence-corrected chi connectivity index (χ1v) is 6.49. The molecule has 2 aromatic rings. The van der Waals surface area contributed by atoms with Crippen LogP contribution in [0.2, 0.25) is 0 Å². The number of aliphatic hydroxyl groups excluding tert-OH is 2. The second-order valence-corrected chi connectivity index (χ2v) is 5.10. The third-order valence-corrected chi connectivity index (χ3v) is 3.62. The smallest absolute Gasteiger partial charge is 0.157 e. The molecule has 0 unspecified atom stereocenters. The maximum Gasteiger partial charge on any atom is 0.157 e. The summed E-state index contributed by atoms with van der Waals surface area (Å²) >= 11 is 0. The normalized spacial score (nSPS) is 23.6. The highest BCUT2D eigenvalue weighted by Gasteiger charge is 2.39. The molecule has 0 spiro atoms. The molecule has 7 heteroatoms. The monoisotopic (exact) mass is 306 g/mol. The number of fused-ring (bicyclic) bond motifs is 1. The number of benzene rings is 2. The van der Waals surface area contributed by atoms with Gasteiger partial charge in [0.2, 0.25) is 0 Å². The molecule has 1 aliphatic rings. The second kappa shape index (κ2) is 4.97. The number of ether oxygens (including phenoxy) is 1. The van der Waals surface area contributed by atoms with Gasteiger partial charge in [-0.1, -0.05) is 6.07 Å². The van der Waals surface area contributed by atoms with Crippen molar-refractivity contribution in [3.05, 3.63) is 41.5 Å². The summed E-state index contributed by atoms with van der Waals surface area (Å²) in [7, 11) is 0. The SMILES string of the molecule is Oc1cc(O)c2c(c1)O[C@@H](c1ccc(O)c(O)c1)[C@@H](O)[C@H]2O. The van der Waals surface area contributed by atoms with E-state index < -0.39 is 29.8 Å². The van der Waals surface area contributed by atoms with Crippen molar-refractivity contribution < 1.29 is 35.4 Å². The summed E-state index contributed by atoms with van der Waals surface area (Å²) in [6, 6.07) is 6.08. The van der Waals surface area contributed by atoms with Crippen LogP contribution >= 0.6 is 0 Å². The minimum atomic E-state index is -1.44. The fourth-order valence-electron chi connectivity index (χ4n) is 2.52. The minimum Gasteiger partial charge on any atom is -0.508 e. The number of hydrogen-bond donors (Lipinski definition) is 6. The molecule has 1 heterocycles. The van der Waals surface area contributed by atoms with Crippen LogP contribution in [0.5, 0.6) is 28.7 Å². The van der Waals surface area contributed by atoms with E-state index in [1.54, 1.807) is 0 Å². The molecule has 2 aromatic carbocycles. The van der Waals surface area contributed by atoms with E-state index in [4.69, 9.17) is 4.74 Å². The second-order valence-electron chi connectivity index (χ2n) is 5.10. The van der Waals surface area contributed by atoms with Crippen LogP contribution in [-0.4, -0.2) is 36.7 Å². The summed E-state index contributed by atoms with van der Waals surface area (Å²) in [5.41, 5.74) is 0.292. The summed E-state index contributed by atoms with van der Waals surface area (Å²) in [6.07, 6.45) is -3.90. The maximum atomic E-state index is 10.2. The first kappa shape index (κ1) is 14.3. The Labute approximate surface area is 124 Å². The van der Waals surface area contributed by atoms with Gasteiger partial charge in [0, 0.05) is 12.1 Å². The van der Waals surface area contributed by atoms with Gasteiger partial charge in [-0.05, 0) is 17.7 Å². The van der Waals surface area contributed by atoms with Gasteiger partial charge in [0.05, 0.1) is 5.56 Å². The van der Waals surface area contributed by atoms with Gasteiger partial charge in [-0.25, -0.2) is 0 Å². The van der Waals surface area contributed by atoms with Crippen LogP contribution in [0.25, 0.3) is 0 Å². The molecular weight excluding hydrogens is 292 g/mol. The van der Waals surface area contributed by atoms with Crippen LogP contribution in [-0.2, 0) is 0 Å².